The number of aryl methyl sites for hydroxylation is 2. The Balaban J connectivity index is 1.74. The first kappa shape index (κ1) is 15.0. The summed E-state index contributed by atoms with van der Waals surface area (Å²) >= 11 is 0. The third-order valence-electron chi connectivity index (χ3n) is 4.16. The van der Waals surface area contributed by atoms with Crippen LogP contribution >= 0.6 is 0 Å². The number of rotatable bonds is 5. The molecule has 0 atom stereocenters. The molecule has 110 valence electrons. The largest absolute Gasteiger partial charge is 0.345 e. The van der Waals surface area contributed by atoms with E-state index in [1.807, 2.05) is 11.9 Å². The second-order valence-electron chi connectivity index (χ2n) is 5.95. The molecule has 1 aliphatic heterocycles. The highest BCUT2D eigenvalue weighted by molar-refractivity contribution is 5.76. The van der Waals surface area contributed by atoms with Gasteiger partial charge in [-0.05, 0) is 50.8 Å². The van der Waals surface area contributed by atoms with E-state index in [0.717, 1.165) is 26.1 Å². The summed E-state index contributed by atoms with van der Waals surface area (Å²) in [6.07, 6.45) is 3.84. The maximum atomic E-state index is 12.2. The summed E-state index contributed by atoms with van der Waals surface area (Å²) in [5, 5.41) is 3.36. The average Bonchev–Trinajstić information content (AvgIpc) is 2.47. The summed E-state index contributed by atoms with van der Waals surface area (Å²) in [7, 11) is 1.94. The molecule has 0 unspecified atom stereocenters. The number of benzene rings is 1. The Labute approximate surface area is 122 Å². The molecule has 1 aliphatic rings. The van der Waals surface area contributed by atoms with Gasteiger partial charge in [-0.25, -0.2) is 0 Å². The first-order valence-corrected chi connectivity index (χ1v) is 7.65. The van der Waals surface area contributed by atoms with Crippen LogP contribution in [0.15, 0.2) is 24.3 Å². The molecule has 1 saturated heterocycles. The third-order valence-corrected chi connectivity index (χ3v) is 4.16. The van der Waals surface area contributed by atoms with Crippen molar-refractivity contribution >= 4 is 5.91 Å². The first-order valence-electron chi connectivity index (χ1n) is 7.65. The van der Waals surface area contributed by atoms with Crippen LogP contribution in [-0.2, 0) is 11.2 Å². The van der Waals surface area contributed by atoms with Gasteiger partial charge in [-0.2, -0.15) is 0 Å². The van der Waals surface area contributed by atoms with Gasteiger partial charge in [-0.3, -0.25) is 4.79 Å². The van der Waals surface area contributed by atoms with Crippen molar-refractivity contribution in [2.75, 3.05) is 26.7 Å². The highest BCUT2D eigenvalue weighted by Crippen LogP contribution is 2.14. The Hall–Kier alpha value is -1.35. The number of nitrogens with one attached hydrogen (secondary N) is 1. The Kier molecular flexibility index (Phi) is 5.60. The van der Waals surface area contributed by atoms with Crippen LogP contribution in [0.5, 0.6) is 0 Å². The second kappa shape index (κ2) is 7.44. The Morgan fingerprint density at radius 1 is 1.25 bits per heavy atom. The molecular weight excluding hydrogens is 248 g/mol. The fraction of sp³-hybridized carbons (Fsp3) is 0.588. The number of carbonyl (C=O) groups is 1. The molecular formula is C17H26N2O. The van der Waals surface area contributed by atoms with Crippen LogP contribution in [0.1, 0.15) is 30.4 Å². The van der Waals surface area contributed by atoms with E-state index in [1.54, 1.807) is 0 Å². The number of amides is 1. The van der Waals surface area contributed by atoms with Crippen LogP contribution < -0.4 is 5.32 Å². The van der Waals surface area contributed by atoms with E-state index in [9.17, 15) is 4.79 Å². The quantitative estimate of drug-likeness (QED) is 0.894. The molecule has 0 spiro atoms. The molecule has 1 amide bonds. The first-order chi connectivity index (χ1) is 9.65. The van der Waals surface area contributed by atoms with Crippen molar-refractivity contribution in [3.63, 3.8) is 0 Å². The maximum Gasteiger partial charge on any atom is 0.222 e. The SMILES string of the molecule is Cc1ccc(CCC(=O)N(C)CC2CCNCC2)cc1. The molecule has 3 heteroatoms. The fourth-order valence-electron chi connectivity index (χ4n) is 2.75. The molecule has 0 aromatic heterocycles. The lowest BCUT2D eigenvalue weighted by molar-refractivity contribution is -0.130. The van der Waals surface area contributed by atoms with E-state index in [4.69, 9.17) is 0 Å². The zero-order chi connectivity index (χ0) is 14.4. The molecule has 1 aromatic carbocycles. The van der Waals surface area contributed by atoms with E-state index < -0.39 is 0 Å². The zero-order valence-corrected chi connectivity index (χ0v) is 12.7. The molecule has 0 aliphatic carbocycles. The smallest absolute Gasteiger partial charge is 0.222 e. The molecule has 1 heterocycles. The van der Waals surface area contributed by atoms with Gasteiger partial charge in [0.25, 0.3) is 0 Å². The van der Waals surface area contributed by atoms with Crippen molar-refractivity contribution in [1.29, 1.82) is 0 Å². The maximum absolute atomic E-state index is 12.2. The number of nitrogens with zero attached hydrogens (tertiary/aromatic N) is 1. The van der Waals surface area contributed by atoms with E-state index in [-0.39, 0.29) is 5.91 Å². The van der Waals surface area contributed by atoms with Gasteiger partial charge >= 0.3 is 0 Å². The van der Waals surface area contributed by atoms with Gasteiger partial charge in [0.1, 0.15) is 0 Å². The summed E-state index contributed by atoms with van der Waals surface area (Å²) in [4.78, 5) is 14.1. The van der Waals surface area contributed by atoms with Crippen LogP contribution in [0.2, 0.25) is 0 Å². The lowest BCUT2D eigenvalue weighted by Crippen LogP contribution is -2.37. The normalized spacial score (nSPS) is 16.1. The summed E-state index contributed by atoms with van der Waals surface area (Å²) in [5.74, 6) is 0.939. The van der Waals surface area contributed by atoms with Gasteiger partial charge in [0.15, 0.2) is 0 Å². The average molecular weight is 274 g/mol. The number of carbonyl (C=O) groups excluding carboxylic acids is 1. The highest BCUT2D eigenvalue weighted by atomic mass is 16.2. The molecule has 0 radical (unpaired) electrons. The van der Waals surface area contributed by atoms with Gasteiger partial charge in [0.2, 0.25) is 5.91 Å². The summed E-state index contributed by atoms with van der Waals surface area (Å²) in [6.45, 7) is 5.18. The van der Waals surface area contributed by atoms with Crippen LogP contribution in [0.4, 0.5) is 0 Å². The van der Waals surface area contributed by atoms with Crippen molar-refractivity contribution in [3.05, 3.63) is 35.4 Å². The minimum Gasteiger partial charge on any atom is -0.345 e. The van der Waals surface area contributed by atoms with Gasteiger partial charge in [-0.15, -0.1) is 0 Å². The zero-order valence-electron chi connectivity index (χ0n) is 12.7. The molecule has 0 bridgehead atoms. The summed E-state index contributed by atoms with van der Waals surface area (Å²) < 4.78 is 0. The van der Waals surface area contributed by atoms with Gasteiger partial charge in [0, 0.05) is 20.0 Å². The predicted octanol–water partition coefficient (Wildman–Crippen LogP) is 2.39. The molecule has 1 aromatic rings. The summed E-state index contributed by atoms with van der Waals surface area (Å²) in [5.41, 5.74) is 2.52. The van der Waals surface area contributed by atoms with Crippen LogP contribution in [0.25, 0.3) is 0 Å². The molecule has 0 saturated carbocycles. The molecule has 2 rings (SSSR count). The fourth-order valence-corrected chi connectivity index (χ4v) is 2.75. The lowest BCUT2D eigenvalue weighted by Gasteiger charge is -2.27. The van der Waals surface area contributed by atoms with Crippen LogP contribution in [0.3, 0.4) is 0 Å². The van der Waals surface area contributed by atoms with Crippen LogP contribution in [-0.4, -0.2) is 37.5 Å². The third kappa shape index (κ3) is 4.64. The van der Waals surface area contributed by atoms with Gasteiger partial charge in [0.05, 0.1) is 0 Å². The van der Waals surface area contributed by atoms with Crippen molar-refractivity contribution < 1.29 is 4.79 Å². The van der Waals surface area contributed by atoms with Crippen molar-refractivity contribution in [2.45, 2.75) is 32.6 Å². The Bertz CT molecular complexity index is 421. The van der Waals surface area contributed by atoms with E-state index in [2.05, 4.69) is 36.5 Å². The van der Waals surface area contributed by atoms with E-state index >= 15 is 0 Å². The minimum atomic E-state index is 0.268. The van der Waals surface area contributed by atoms with Crippen molar-refractivity contribution in [1.82, 2.24) is 10.2 Å². The minimum absolute atomic E-state index is 0.268. The number of hydrogen-bond acceptors (Lipinski definition) is 2. The van der Waals surface area contributed by atoms with Gasteiger partial charge in [-0.1, -0.05) is 29.8 Å². The molecule has 3 nitrogen and oxygen atoms in total. The van der Waals surface area contributed by atoms with E-state index in [0.29, 0.717) is 12.3 Å². The topological polar surface area (TPSA) is 32.3 Å². The predicted molar refractivity (Wildman–Crippen MR) is 82.7 cm³/mol. The van der Waals surface area contributed by atoms with Gasteiger partial charge < -0.3 is 10.2 Å². The van der Waals surface area contributed by atoms with Crippen LogP contribution in [0, 0.1) is 12.8 Å². The number of hydrogen-bond donors (Lipinski definition) is 1. The molecule has 1 N–H and O–H groups in total. The molecule has 20 heavy (non-hydrogen) atoms. The second-order valence-corrected chi connectivity index (χ2v) is 5.95. The van der Waals surface area contributed by atoms with Crippen molar-refractivity contribution in [2.24, 2.45) is 5.92 Å². The monoisotopic (exact) mass is 274 g/mol. The summed E-state index contributed by atoms with van der Waals surface area (Å²) in [6, 6.07) is 8.46. The molecule has 1 fully saturated rings. The number of piperidine rings is 1. The Morgan fingerprint density at radius 2 is 1.90 bits per heavy atom. The van der Waals surface area contributed by atoms with E-state index in [1.165, 1.54) is 24.0 Å². The lowest BCUT2D eigenvalue weighted by atomic mass is 9.97. The highest BCUT2D eigenvalue weighted by Gasteiger charge is 2.17. The standard InChI is InChI=1S/C17H26N2O/c1-14-3-5-15(6-4-14)7-8-17(20)19(2)13-16-9-11-18-12-10-16/h3-6,16,18H,7-13H2,1-2H3. The Morgan fingerprint density at radius 3 is 2.55 bits per heavy atom. The van der Waals surface area contributed by atoms with Crippen molar-refractivity contribution in [3.8, 4) is 0 Å².